The number of hydrogen-bond acceptors (Lipinski definition) is 3. The van der Waals surface area contributed by atoms with E-state index in [0.717, 1.165) is 29.6 Å². The van der Waals surface area contributed by atoms with Crippen molar-refractivity contribution in [2.45, 2.75) is 19.3 Å². The molecule has 0 spiro atoms. The second kappa shape index (κ2) is 4.73. The highest BCUT2D eigenvalue weighted by atomic mass is 15.2. The van der Waals surface area contributed by atoms with E-state index in [1.54, 1.807) is 6.20 Å². The van der Waals surface area contributed by atoms with Crippen molar-refractivity contribution in [1.29, 1.82) is 0 Å². The molecule has 0 unspecified atom stereocenters. The molecule has 96 valence electrons. The molecule has 2 heterocycles. The molecule has 1 aliphatic heterocycles. The highest BCUT2D eigenvalue weighted by molar-refractivity contribution is 5.62. The largest absolute Gasteiger partial charge is 0.397 e. The minimum absolute atomic E-state index is 0.710. The molecule has 2 N–H and O–H groups in total. The van der Waals surface area contributed by atoms with Crippen molar-refractivity contribution >= 4 is 11.3 Å². The SMILES string of the molecule is C=C(CN1C[C@H]2CCC[C@H]2C1)c1ccc(N)cn1. The Labute approximate surface area is 109 Å². The van der Waals surface area contributed by atoms with Gasteiger partial charge in [-0.1, -0.05) is 13.0 Å². The summed E-state index contributed by atoms with van der Waals surface area (Å²) in [5, 5.41) is 0. The number of likely N-dealkylation sites (tertiary alicyclic amines) is 1. The molecule has 3 rings (SSSR count). The molecule has 0 amide bonds. The third-order valence-corrected chi connectivity index (χ3v) is 4.36. The highest BCUT2D eigenvalue weighted by Gasteiger charge is 2.35. The van der Waals surface area contributed by atoms with Gasteiger partial charge in [0.25, 0.3) is 0 Å². The molecule has 2 aliphatic rings. The Balaban J connectivity index is 1.60. The quantitative estimate of drug-likeness (QED) is 0.886. The van der Waals surface area contributed by atoms with E-state index in [9.17, 15) is 0 Å². The number of nitrogens with zero attached hydrogens (tertiary/aromatic N) is 2. The number of pyridine rings is 1. The monoisotopic (exact) mass is 243 g/mol. The van der Waals surface area contributed by atoms with E-state index in [1.165, 1.54) is 32.4 Å². The minimum atomic E-state index is 0.710. The maximum atomic E-state index is 5.65. The minimum Gasteiger partial charge on any atom is -0.397 e. The Bertz CT molecular complexity index is 426. The first-order chi connectivity index (χ1) is 8.72. The van der Waals surface area contributed by atoms with E-state index in [2.05, 4.69) is 16.5 Å². The molecule has 1 saturated carbocycles. The van der Waals surface area contributed by atoms with Crippen molar-refractivity contribution < 1.29 is 0 Å². The van der Waals surface area contributed by atoms with Crippen LogP contribution in [0.3, 0.4) is 0 Å². The molecule has 2 atom stereocenters. The maximum Gasteiger partial charge on any atom is 0.0670 e. The first-order valence-electron chi connectivity index (χ1n) is 6.84. The van der Waals surface area contributed by atoms with Crippen LogP contribution < -0.4 is 5.73 Å². The van der Waals surface area contributed by atoms with Gasteiger partial charge in [-0.25, -0.2) is 0 Å². The highest BCUT2D eigenvalue weighted by Crippen LogP contribution is 2.38. The Hall–Kier alpha value is -1.35. The fourth-order valence-electron chi connectivity index (χ4n) is 3.43. The summed E-state index contributed by atoms with van der Waals surface area (Å²) in [4.78, 5) is 6.88. The lowest BCUT2D eigenvalue weighted by atomic mass is 10.0. The predicted molar refractivity (Wildman–Crippen MR) is 75.0 cm³/mol. The normalized spacial score (nSPS) is 27.3. The fourth-order valence-corrected chi connectivity index (χ4v) is 3.43. The molecule has 0 radical (unpaired) electrons. The van der Waals surface area contributed by atoms with Crippen molar-refractivity contribution in [3.63, 3.8) is 0 Å². The predicted octanol–water partition coefficient (Wildman–Crippen LogP) is 2.41. The summed E-state index contributed by atoms with van der Waals surface area (Å²) in [7, 11) is 0. The summed E-state index contributed by atoms with van der Waals surface area (Å²) in [6.07, 6.45) is 5.99. The van der Waals surface area contributed by atoms with Crippen molar-refractivity contribution in [2.75, 3.05) is 25.4 Å². The summed E-state index contributed by atoms with van der Waals surface area (Å²) in [6.45, 7) is 7.61. The number of nitrogen functional groups attached to an aromatic ring is 1. The first-order valence-corrected chi connectivity index (χ1v) is 6.84. The summed E-state index contributed by atoms with van der Waals surface area (Å²) >= 11 is 0. The van der Waals surface area contributed by atoms with Crippen LogP contribution in [0, 0.1) is 11.8 Å². The van der Waals surface area contributed by atoms with Gasteiger partial charge < -0.3 is 5.73 Å². The van der Waals surface area contributed by atoms with Gasteiger partial charge >= 0.3 is 0 Å². The lowest BCUT2D eigenvalue weighted by Crippen LogP contribution is -2.23. The third-order valence-electron chi connectivity index (χ3n) is 4.36. The number of hydrogen-bond donors (Lipinski definition) is 1. The van der Waals surface area contributed by atoms with Crippen LogP contribution in [0.5, 0.6) is 0 Å². The van der Waals surface area contributed by atoms with Crippen LogP contribution in [0.15, 0.2) is 24.9 Å². The summed E-state index contributed by atoms with van der Waals surface area (Å²) in [5.41, 5.74) is 8.44. The van der Waals surface area contributed by atoms with Crippen LogP contribution in [0.2, 0.25) is 0 Å². The summed E-state index contributed by atoms with van der Waals surface area (Å²) in [5.74, 6) is 1.88. The van der Waals surface area contributed by atoms with E-state index in [4.69, 9.17) is 5.73 Å². The topological polar surface area (TPSA) is 42.1 Å². The van der Waals surface area contributed by atoms with Gasteiger partial charge in [0.2, 0.25) is 0 Å². The molecule has 0 bridgehead atoms. The van der Waals surface area contributed by atoms with Crippen molar-refractivity contribution in [3.8, 4) is 0 Å². The molecule has 1 aliphatic carbocycles. The molecule has 1 aromatic heterocycles. The molecule has 18 heavy (non-hydrogen) atoms. The smallest absolute Gasteiger partial charge is 0.0670 e. The van der Waals surface area contributed by atoms with Gasteiger partial charge in [0.1, 0.15) is 0 Å². The lowest BCUT2D eigenvalue weighted by Gasteiger charge is -2.18. The second-order valence-electron chi connectivity index (χ2n) is 5.73. The van der Waals surface area contributed by atoms with Crippen molar-refractivity contribution in [3.05, 3.63) is 30.6 Å². The maximum absolute atomic E-state index is 5.65. The first kappa shape index (κ1) is 11.7. The van der Waals surface area contributed by atoms with Crippen LogP contribution in [-0.4, -0.2) is 29.5 Å². The lowest BCUT2D eigenvalue weighted by molar-refractivity contribution is 0.349. The van der Waals surface area contributed by atoms with Crippen molar-refractivity contribution in [1.82, 2.24) is 9.88 Å². The van der Waals surface area contributed by atoms with E-state index >= 15 is 0 Å². The molecular formula is C15H21N3. The van der Waals surface area contributed by atoms with E-state index in [-0.39, 0.29) is 0 Å². The molecule has 1 saturated heterocycles. The van der Waals surface area contributed by atoms with Crippen LogP contribution in [0.1, 0.15) is 25.0 Å². The van der Waals surface area contributed by atoms with Gasteiger partial charge in [0.15, 0.2) is 0 Å². The Morgan fingerprint density at radius 2 is 2.06 bits per heavy atom. The Kier molecular flexibility index (Phi) is 3.08. The van der Waals surface area contributed by atoms with Crippen LogP contribution in [0.4, 0.5) is 5.69 Å². The van der Waals surface area contributed by atoms with Gasteiger partial charge in [-0.2, -0.15) is 0 Å². The number of fused-ring (bicyclic) bond motifs is 1. The zero-order chi connectivity index (χ0) is 12.5. The summed E-state index contributed by atoms with van der Waals surface area (Å²) in [6, 6.07) is 3.86. The average molecular weight is 243 g/mol. The molecular weight excluding hydrogens is 222 g/mol. The standard InChI is InChI=1S/C15H21N3/c1-11(15-6-5-14(16)7-17-15)8-18-9-12-3-2-4-13(12)10-18/h5-7,12-13H,1-4,8-10,16H2/t12-,13+. The Morgan fingerprint density at radius 1 is 1.33 bits per heavy atom. The summed E-state index contributed by atoms with van der Waals surface area (Å²) < 4.78 is 0. The average Bonchev–Trinajstić information content (AvgIpc) is 2.90. The number of aromatic nitrogens is 1. The van der Waals surface area contributed by atoms with E-state index in [1.807, 2.05) is 12.1 Å². The fraction of sp³-hybridized carbons (Fsp3) is 0.533. The van der Waals surface area contributed by atoms with Crippen molar-refractivity contribution in [2.24, 2.45) is 11.8 Å². The second-order valence-corrected chi connectivity index (χ2v) is 5.73. The Morgan fingerprint density at radius 3 is 2.67 bits per heavy atom. The van der Waals surface area contributed by atoms with Crippen LogP contribution in [-0.2, 0) is 0 Å². The van der Waals surface area contributed by atoms with Gasteiger partial charge in [-0.3, -0.25) is 9.88 Å². The molecule has 1 aromatic rings. The molecule has 2 fully saturated rings. The van der Waals surface area contributed by atoms with Gasteiger partial charge in [0.05, 0.1) is 17.6 Å². The molecule has 3 nitrogen and oxygen atoms in total. The van der Waals surface area contributed by atoms with Gasteiger partial charge in [0, 0.05) is 19.6 Å². The zero-order valence-electron chi connectivity index (χ0n) is 10.8. The van der Waals surface area contributed by atoms with E-state index < -0.39 is 0 Å². The number of nitrogens with two attached hydrogens (primary N) is 1. The van der Waals surface area contributed by atoms with Crippen LogP contribution in [0.25, 0.3) is 5.57 Å². The van der Waals surface area contributed by atoms with E-state index in [0.29, 0.717) is 5.69 Å². The molecule has 0 aromatic carbocycles. The van der Waals surface area contributed by atoms with Gasteiger partial charge in [-0.15, -0.1) is 0 Å². The number of rotatable bonds is 3. The number of anilines is 1. The van der Waals surface area contributed by atoms with Crippen LogP contribution >= 0.6 is 0 Å². The molecule has 3 heteroatoms. The third kappa shape index (κ3) is 2.27. The zero-order valence-corrected chi connectivity index (χ0v) is 10.8. The van der Waals surface area contributed by atoms with Gasteiger partial charge in [-0.05, 0) is 42.4 Å².